The molecule has 1 N–H and O–H groups in total. The number of carbonyl (C=O) groups excluding carboxylic acids is 2. The molecule has 1 aromatic carbocycles. The van der Waals surface area contributed by atoms with Crippen LogP contribution in [-0.2, 0) is 4.79 Å². The first-order valence-electron chi connectivity index (χ1n) is 11.3. The number of amides is 1. The third kappa shape index (κ3) is 4.66. The summed E-state index contributed by atoms with van der Waals surface area (Å²) >= 11 is 0. The standard InChI is InChI=1S/C26H28N2O7/c1-14(2)10-11-33-18-9-7-17(13-20(18)32-5)23-22(24(29)19-8-6-15(3)34-19)25(30)26(31)28(23)21-12-16(4)35-27-21/h6-9,12-14,23,30H,10-11H2,1-5H3/t23-/m0/s1. The highest BCUT2D eigenvalue weighted by Crippen LogP contribution is 2.43. The van der Waals surface area contributed by atoms with E-state index < -0.39 is 23.5 Å². The first-order valence-corrected chi connectivity index (χ1v) is 11.3. The zero-order valence-electron chi connectivity index (χ0n) is 20.3. The number of anilines is 1. The third-order valence-electron chi connectivity index (χ3n) is 5.74. The van der Waals surface area contributed by atoms with Crippen molar-refractivity contribution >= 4 is 17.5 Å². The van der Waals surface area contributed by atoms with E-state index in [2.05, 4.69) is 19.0 Å². The van der Waals surface area contributed by atoms with Crippen LogP contribution in [0.4, 0.5) is 5.82 Å². The number of hydrogen-bond donors (Lipinski definition) is 1. The summed E-state index contributed by atoms with van der Waals surface area (Å²) in [6, 6.07) is 8.84. The van der Waals surface area contributed by atoms with E-state index in [-0.39, 0.29) is 17.2 Å². The van der Waals surface area contributed by atoms with E-state index in [4.69, 9.17) is 18.4 Å². The molecule has 1 atom stereocenters. The van der Waals surface area contributed by atoms with Crippen molar-refractivity contribution in [3.63, 3.8) is 0 Å². The van der Waals surface area contributed by atoms with E-state index in [1.165, 1.54) is 18.1 Å². The van der Waals surface area contributed by atoms with Crippen LogP contribution in [0.15, 0.2) is 56.7 Å². The molecule has 0 saturated carbocycles. The average Bonchev–Trinajstić information content (AvgIpc) is 3.51. The minimum absolute atomic E-state index is 0.0145. The molecule has 0 bridgehead atoms. The summed E-state index contributed by atoms with van der Waals surface area (Å²) in [4.78, 5) is 27.8. The molecule has 0 radical (unpaired) electrons. The molecule has 1 aliphatic rings. The van der Waals surface area contributed by atoms with E-state index in [0.717, 1.165) is 6.42 Å². The van der Waals surface area contributed by atoms with Gasteiger partial charge in [-0.05, 0) is 56.0 Å². The lowest BCUT2D eigenvalue weighted by Gasteiger charge is -2.25. The Morgan fingerprint density at radius 3 is 2.51 bits per heavy atom. The van der Waals surface area contributed by atoms with Crippen molar-refractivity contribution in [2.45, 2.75) is 40.2 Å². The number of benzene rings is 1. The van der Waals surface area contributed by atoms with Crippen molar-refractivity contribution in [2.24, 2.45) is 5.92 Å². The van der Waals surface area contributed by atoms with Crippen LogP contribution in [0, 0.1) is 19.8 Å². The highest BCUT2D eigenvalue weighted by molar-refractivity contribution is 6.20. The number of furan rings is 1. The van der Waals surface area contributed by atoms with Gasteiger partial charge in [0.25, 0.3) is 5.91 Å². The zero-order valence-corrected chi connectivity index (χ0v) is 20.3. The number of aliphatic hydroxyl groups excluding tert-OH is 1. The number of methoxy groups -OCH3 is 1. The van der Waals surface area contributed by atoms with Crippen LogP contribution in [0.3, 0.4) is 0 Å². The lowest BCUT2D eigenvalue weighted by Crippen LogP contribution is -2.31. The van der Waals surface area contributed by atoms with Gasteiger partial charge in [-0.25, -0.2) is 0 Å². The third-order valence-corrected chi connectivity index (χ3v) is 5.74. The van der Waals surface area contributed by atoms with E-state index >= 15 is 0 Å². The number of ketones is 1. The van der Waals surface area contributed by atoms with Crippen molar-refractivity contribution in [2.75, 3.05) is 18.6 Å². The Hall–Kier alpha value is -4.01. The number of aromatic nitrogens is 1. The number of ether oxygens (including phenoxy) is 2. The summed E-state index contributed by atoms with van der Waals surface area (Å²) in [5.41, 5.74) is 0.392. The fourth-order valence-corrected chi connectivity index (χ4v) is 3.92. The largest absolute Gasteiger partial charge is 0.503 e. The number of rotatable bonds is 9. The van der Waals surface area contributed by atoms with Gasteiger partial charge in [-0.2, -0.15) is 0 Å². The number of aryl methyl sites for hydroxylation is 2. The quantitative estimate of drug-likeness (QED) is 0.421. The van der Waals surface area contributed by atoms with Crippen molar-refractivity contribution in [1.82, 2.24) is 5.16 Å². The van der Waals surface area contributed by atoms with Gasteiger partial charge in [-0.15, -0.1) is 0 Å². The topological polar surface area (TPSA) is 115 Å². The SMILES string of the molecule is COc1cc([C@H]2C(C(=O)c3ccc(C)o3)=C(O)C(=O)N2c2cc(C)on2)ccc1OCCC(C)C. The summed E-state index contributed by atoms with van der Waals surface area (Å²) in [5.74, 6) is 0.581. The van der Waals surface area contributed by atoms with Gasteiger partial charge in [0.15, 0.2) is 28.8 Å². The van der Waals surface area contributed by atoms with Crippen LogP contribution in [0.5, 0.6) is 11.5 Å². The minimum Gasteiger partial charge on any atom is -0.503 e. The van der Waals surface area contributed by atoms with Gasteiger partial charge < -0.3 is 23.5 Å². The molecule has 4 rings (SSSR count). The molecule has 184 valence electrons. The average molecular weight is 481 g/mol. The van der Waals surface area contributed by atoms with E-state index in [1.807, 2.05) is 0 Å². The van der Waals surface area contributed by atoms with E-state index in [9.17, 15) is 14.7 Å². The highest BCUT2D eigenvalue weighted by Gasteiger charge is 2.46. The molecule has 0 fully saturated rings. The molecule has 9 nitrogen and oxygen atoms in total. The highest BCUT2D eigenvalue weighted by atomic mass is 16.5. The Bertz CT molecular complexity index is 1280. The minimum atomic E-state index is -0.997. The fraction of sp³-hybridized carbons (Fsp3) is 0.346. The second-order valence-corrected chi connectivity index (χ2v) is 8.82. The van der Waals surface area contributed by atoms with Crippen LogP contribution >= 0.6 is 0 Å². The van der Waals surface area contributed by atoms with Crippen molar-refractivity contribution < 1.29 is 33.1 Å². The van der Waals surface area contributed by atoms with E-state index in [1.54, 1.807) is 44.2 Å². The maximum atomic E-state index is 13.4. The molecule has 9 heteroatoms. The normalized spacial score (nSPS) is 15.9. The Morgan fingerprint density at radius 1 is 1.14 bits per heavy atom. The molecular weight excluding hydrogens is 452 g/mol. The lowest BCUT2D eigenvalue weighted by atomic mass is 9.94. The summed E-state index contributed by atoms with van der Waals surface area (Å²) in [6.45, 7) is 8.12. The van der Waals surface area contributed by atoms with Crippen molar-refractivity contribution in [3.8, 4) is 11.5 Å². The fourth-order valence-electron chi connectivity index (χ4n) is 3.92. The number of nitrogens with zero attached hydrogens (tertiary/aromatic N) is 2. The molecule has 3 aromatic rings. The molecule has 0 saturated heterocycles. The molecule has 0 aliphatic carbocycles. The summed E-state index contributed by atoms with van der Waals surface area (Å²) in [6.07, 6.45) is 0.874. The summed E-state index contributed by atoms with van der Waals surface area (Å²) < 4.78 is 22.1. The molecule has 0 spiro atoms. The molecule has 3 heterocycles. The number of aliphatic hydroxyl groups is 1. The predicted octanol–water partition coefficient (Wildman–Crippen LogP) is 5.10. The van der Waals surface area contributed by atoms with Gasteiger partial charge in [0.05, 0.1) is 25.3 Å². The van der Waals surface area contributed by atoms with Gasteiger partial charge in [0, 0.05) is 6.07 Å². The number of hydrogen-bond acceptors (Lipinski definition) is 8. The summed E-state index contributed by atoms with van der Waals surface area (Å²) in [5, 5.41) is 14.8. The smallest absolute Gasteiger partial charge is 0.295 e. The van der Waals surface area contributed by atoms with Gasteiger partial charge in [-0.1, -0.05) is 25.1 Å². The van der Waals surface area contributed by atoms with Crippen molar-refractivity contribution in [1.29, 1.82) is 0 Å². The Morgan fingerprint density at radius 2 is 1.91 bits per heavy atom. The van der Waals surface area contributed by atoms with Gasteiger partial charge >= 0.3 is 0 Å². The first kappa shape index (κ1) is 24.1. The Kier molecular flexibility index (Phi) is 6.68. The number of Topliss-reactive ketones (excluding diaryl/α,β-unsaturated/α-hetero) is 1. The second-order valence-electron chi connectivity index (χ2n) is 8.82. The van der Waals surface area contributed by atoms with Gasteiger partial charge in [0.1, 0.15) is 11.5 Å². The van der Waals surface area contributed by atoms with Crippen LogP contribution in [0.2, 0.25) is 0 Å². The van der Waals surface area contributed by atoms with Gasteiger partial charge in [-0.3, -0.25) is 14.5 Å². The molecule has 35 heavy (non-hydrogen) atoms. The molecule has 1 aliphatic heterocycles. The summed E-state index contributed by atoms with van der Waals surface area (Å²) in [7, 11) is 1.51. The Balaban J connectivity index is 1.79. The first-order chi connectivity index (χ1) is 16.7. The monoisotopic (exact) mass is 480 g/mol. The van der Waals surface area contributed by atoms with Crippen LogP contribution in [-0.4, -0.2) is 35.7 Å². The molecular formula is C26H28N2O7. The lowest BCUT2D eigenvalue weighted by molar-refractivity contribution is -0.117. The predicted molar refractivity (Wildman–Crippen MR) is 127 cm³/mol. The maximum absolute atomic E-state index is 13.4. The molecule has 0 unspecified atom stereocenters. The zero-order chi connectivity index (χ0) is 25.3. The van der Waals surface area contributed by atoms with Crippen LogP contribution < -0.4 is 14.4 Å². The maximum Gasteiger partial charge on any atom is 0.295 e. The number of carbonyl (C=O) groups is 2. The molecule has 2 aromatic heterocycles. The van der Waals surface area contributed by atoms with Gasteiger partial charge in [0.2, 0.25) is 5.78 Å². The van der Waals surface area contributed by atoms with E-state index in [0.29, 0.717) is 41.1 Å². The van der Waals surface area contributed by atoms with Crippen LogP contribution in [0.1, 0.15) is 53.9 Å². The molecule has 1 amide bonds. The van der Waals surface area contributed by atoms with Crippen LogP contribution in [0.25, 0.3) is 0 Å². The second kappa shape index (κ2) is 9.69. The van der Waals surface area contributed by atoms with Crippen molar-refractivity contribution in [3.05, 3.63) is 70.6 Å². The Labute approximate surface area is 202 Å².